The second kappa shape index (κ2) is 25.5. The molecule has 0 aromatic heterocycles. The average molecular weight is 1080 g/mol. The van der Waals surface area contributed by atoms with E-state index in [1.54, 1.807) is 0 Å². The van der Waals surface area contributed by atoms with Gasteiger partial charge < -0.3 is 114 Å². The first kappa shape index (κ1) is 60.2. The highest BCUT2D eigenvalue weighted by atomic mass is 16.8. The summed E-state index contributed by atoms with van der Waals surface area (Å²) in [5.41, 5.74) is 0.589. The Labute approximate surface area is 438 Å². The third-order valence-corrected chi connectivity index (χ3v) is 19.9. The number of rotatable bonds is 20. The SMILES string of the molecule is CO[C@@H]1CC[C@@]2(C)[C@H](CC[C@@H]3[C@@H]2CC[C@]2(C)[C@@H]([C@H](C)CCCC(CO[C@@H]4OC(CO)[C@@H](O[C@H]5OC(CO)[C@@H](O)[C@H](O)C5O)[C@H](O)C4O)CO[C@@H]4OC(CO)[C@@H](O[C@@H]5OC(CO)[C@@H](O)[C@H](O)C5O)[C@H](O)C4O)CC[C@@H]32)C1. The van der Waals surface area contributed by atoms with Crippen molar-refractivity contribution in [2.24, 2.45) is 52.3 Å². The van der Waals surface area contributed by atoms with Crippen molar-refractivity contribution in [2.75, 3.05) is 46.8 Å². The fraction of sp³-hybridized carbons (Fsp3) is 1.00. The maximum atomic E-state index is 11.3. The molecule has 436 valence electrons. The van der Waals surface area contributed by atoms with Crippen LogP contribution >= 0.6 is 0 Å². The predicted octanol–water partition coefficient (Wildman–Crippen LogP) is -2.64. The summed E-state index contributed by atoms with van der Waals surface area (Å²) in [4.78, 5) is 0. The summed E-state index contributed by atoms with van der Waals surface area (Å²) >= 11 is 0. The first-order chi connectivity index (χ1) is 35.7. The first-order valence-electron chi connectivity index (χ1n) is 27.7. The minimum Gasteiger partial charge on any atom is -0.394 e. The van der Waals surface area contributed by atoms with Gasteiger partial charge in [0, 0.05) is 13.0 Å². The summed E-state index contributed by atoms with van der Waals surface area (Å²) in [6.45, 7) is 4.12. The van der Waals surface area contributed by atoms with Gasteiger partial charge in [0.2, 0.25) is 0 Å². The topological polar surface area (TPSA) is 366 Å². The Morgan fingerprint density at radius 3 is 1.45 bits per heavy atom. The van der Waals surface area contributed by atoms with E-state index in [2.05, 4.69) is 20.8 Å². The zero-order valence-electron chi connectivity index (χ0n) is 43.8. The molecule has 4 heterocycles. The number of ether oxygens (including phenoxy) is 9. The molecule has 0 radical (unpaired) electrons. The zero-order valence-corrected chi connectivity index (χ0v) is 43.8. The van der Waals surface area contributed by atoms with Crippen LogP contribution in [-0.4, -0.2) is 247 Å². The second-order valence-corrected chi connectivity index (χ2v) is 24.0. The van der Waals surface area contributed by atoms with Gasteiger partial charge in [-0.2, -0.15) is 0 Å². The zero-order chi connectivity index (χ0) is 54.3. The van der Waals surface area contributed by atoms with Crippen LogP contribution in [-0.2, 0) is 42.6 Å². The van der Waals surface area contributed by atoms with Gasteiger partial charge in [0.15, 0.2) is 25.2 Å². The number of aliphatic hydroxyl groups excluding tert-OH is 14. The standard InChI is InChI=1S/C52H90O23/c1-23(28-10-11-29-27-9-8-25-16-26(67-4)12-14-51(25,2)30(27)13-15-52(28,29)3)6-5-7-24(21-68-47-43(65)39(61)45(33(19-55)72-47)74-49-41(63)37(59)35(57)31(17-53)70-49)22-69-48-44(66)40(62)46(34(20-56)73-48)75-50-42(64)38(60)36(58)32(18-54)71-50/h23-50,53-66H,5-22H2,1-4H3/t23-,24?,25-,26-,27+,28-,29+,30+,31?,32?,33?,34?,35-,36-,37+,38+,39-,40-,41?,42?,43?,44?,45-,46-,47-,48-,49-,50+,51+,52-/m1/s1. The Morgan fingerprint density at radius 1 is 0.493 bits per heavy atom. The molecule has 4 saturated carbocycles. The lowest BCUT2D eigenvalue weighted by atomic mass is 9.44. The van der Waals surface area contributed by atoms with E-state index in [0.717, 1.165) is 31.1 Å². The maximum absolute atomic E-state index is 11.3. The predicted molar refractivity (Wildman–Crippen MR) is 257 cm³/mol. The van der Waals surface area contributed by atoms with Crippen molar-refractivity contribution in [3.8, 4) is 0 Å². The number of methoxy groups -OCH3 is 1. The van der Waals surface area contributed by atoms with Gasteiger partial charge in [0.1, 0.15) is 97.7 Å². The Balaban J connectivity index is 0.918. The van der Waals surface area contributed by atoms with E-state index in [4.69, 9.17) is 42.6 Å². The second-order valence-electron chi connectivity index (χ2n) is 24.0. The fourth-order valence-electron chi connectivity index (χ4n) is 15.4. The molecule has 14 N–H and O–H groups in total. The van der Waals surface area contributed by atoms with E-state index in [-0.39, 0.29) is 18.6 Å². The molecule has 0 amide bonds. The van der Waals surface area contributed by atoms with Gasteiger partial charge in [0.25, 0.3) is 0 Å². The third-order valence-electron chi connectivity index (χ3n) is 19.9. The van der Waals surface area contributed by atoms with Crippen LogP contribution in [0.4, 0.5) is 0 Å². The minimum absolute atomic E-state index is 0.159. The highest BCUT2D eigenvalue weighted by Crippen LogP contribution is 2.68. The number of aliphatic hydroxyl groups is 14. The van der Waals surface area contributed by atoms with Crippen LogP contribution in [0.3, 0.4) is 0 Å². The first-order valence-corrected chi connectivity index (χ1v) is 27.7. The molecule has 9 unspecified atom stereocenters. The van der Waals surface area contributed by atoms with Gasteiger partial charge in [0.05, 0.1) is 45.7 Å². The van der Waals surface area contributed by atoms with Crippen molar-refractivity contribution in [1.29, 1.82) is 0 Å². The summed E-state index contributed by atoms with van der Waals surface area (Å²) < 4.78 is 52.2. The van der Waals surface area contributed by atoms with E-state index >= 15 is 0 Å². The molecular weight excluding hydrogens is 993 g/mol. The maximum Gasteiger partial charge on any atom is 0.187 e. The number of hydrogen-bond donors (Lipinski definition) is 14. The molecule has 23 nitrogen and oxygen atoms in total. The summed E-state index contributed by atoms with van der Waals surface area (Å²) in [5.74, 6) is 3.28. The molecule has 0 bridgehead atoms. The highest BCUT2D eigenvalue weighted by Gasteiger charge is 2.61. The lowest BCUT2D eigenvalue weighted by molar-refractivity contribution is -0.363. The molecule has 4 saturated heterocycles. The molecule has 4 aliphatic carbocycles. The third kappa shape index (κ3) is 12.0. The van der Waals surface area contributed by atoms with Crippen LogP contribution in [0.5, 0.6) is 0 Å². The number of hydrogen-bond acceptors (Lipinski definition) is 23. The van der Waals surface area contributed by atoms with Crippen molar-refractivity contribution in [3.63, 3.8) is 0 Å². The van der Waals surface area contributed by atoms with E-state index in [9.17, 15) is 71.5 Å². The Kier molecular flexibility index (Phi) is 20.4. The van der Waals surface area contributed by atoms with E-state index in [1.165, 1.54) is 51.4 Å². The molecule has 8 aliphatic rings. The van der Waals surface area contributed by atoms with Crippen LogP contribution in [0.15, 0.2) is 0 Å². The molecule has 8 rings (SSSR count). The molecule has 0 aromatic carbocycles. The van der Waals surface area contributed by atoms with Crippen LogP contribution in [0, 0.1) is 52.3 Å². The molecule has 75 heavy (non-hydrogen) atoms. The van der Waals surface area contributed by atoms with Gasteiger partial charge in [-0.05, 0) is 111 Å². The van der Waals surface area contributed by atoms with Crippen molar-refractivity contribution < 1.29 is 114 Å². The lowest BCUT2D eigenvalue weighted by Gasteiger charge is -2.61. The van der Waals surface area contributed by atoms with E-state index < -0.39 is 155 Å². The lowest BCUT2D eigenvalue weighted by Crippen LogP contribution is -2.65. The van der Waals surface area contributed by atoms with E-state index in [1.807, 2.05) is 7.11 Å². The van der Waals surface area contributed by atoms with Crippen LogP contribution < -0.4 is 0 Å². The Morgan fingerprint density at radius 2 is 0.960 bits per heavy atom. The minimum atomic E-state index is -1.84. The molecule has 0 spiro atoms. The van der Waals surface area contributed by atoms with Gasteiger partial charge in [-0.15, -0.1) is 0 Å². The van der Waals surface area contributed by atoms with Crippen molar-refractivity contribution in [2.45, 2.75) is 227 Å². The average Bonchev–Trinajstić information content (AvgIpc) is 3.79. The smallest absolute Gasteiger partial charge is 0.187 e. The molecular formula is C52H90O23. The molecule has 30 atom stereocenters. The fourth-order valence-corrected chi connectivity index (χ4v) is 15.4. The van der Waals surface area contributed by atoms with E-state index in [0.29, 0.717) is 41.6 Å². The van der Waals surface area contributed by atoms with Crippen LogP contribution in [0.1, 0.15) is 97.8 Å². The molecule has 8 fully saturated rings. The van der Waals surface area contributed by atoms with Crippen LogP contribution in [0.2, 0.25) is 0 Å². The normalized spacial score (nSPS) is 51.1. The highest BCUT2D eigenvalue weighted by molar-refractivity contribution is 5.10. The van der Waals surface area contributed by atoms with Gasteiger partial charge >= 0.3 is 0 Å². The van der Waals surface area contributed by atoms with Crippen molar-refractivity contribution in [1.82, 2.24) is 0 Å². The quantitative estimate of drug-likeness (QED) is 0.0593. The van der Waals surface area contributed by atoms with Crippen molar-refractivity contribution in [3.05, 3.63) is 0 Å². The van der Waals surface area contributed by atoms with Crippen molar-refractivity contribution >= 4 is 0 Å². The summed E-state index contributed by atoms with van der Waals surface area (Å²) in [6, 6.07) is 0. The number of fused-ring (bicyclic) bond motifs is 5. The van der Waals surface area contributed by atoms with Crippen LogP contribution in [0.25, 0.3) is 0 Å². The summed E-state index contributed by atoms with van der Waals surface area (Å²) in [7, 11) is 1.85. The largest absolute Gasteiger partial charge is 0.394 e. The summed E-state index contributed by atoms with van der Waals surface area (Å²) in [5, 5.41) is 148. The molecule has 23 heteroatoms. The Bertz CT molecular complexity index is 1690. The molecule has 0 aromatic rings. The van der Waals surface area contributed by atoms with Gasteiger partial charge in [-0.1, -0.05) is 33.6 Å². The summed E-state index contributed by atoms with van der Waals surface area (Å²) in [6.07, 6.45) is -19.4. The monoisotopic (exact) mass is 1080 g/mol. The Hall–Kier alpha value is -0.920. The van der Waals surface area contributed by atoms with Gasteiger partial charge in [-0.3, -0.25) is 0 Å². The molecule has 4 aliphatic heterocycles. The van der Waals surface area contributed by atoms with Gasteiger partial charge in [-0.25, -0.2) is 0 Å².